The van der Waals surface area contributed by atoms with Crippen LogP contribution in [0.4, 0.5) is 0 Å². The summed E-state index contributed by atoms with van der Waals surface area (Å²) in [5.74, 6) is 1.25. The van der Waals surface area contributed by atoms with Gasteiger partial charge in [-0.1, -0.05) is 26.2 Å². The maximum Gasteiger partial charge on any atom is 0.225 e. The molecule has 0 aromatic heterocycles. The number of hydrogen-bond acceptors (Lipinski definition) is 3. The van der Waals surface area contributed by atoms with Gasteiger partial charge in [0.1, 0.15) is 0 Å². The Balaban J connectivity index is 1.59. The largest absolute Gasteiger partial charge is 0.370 e. The van der Waals surface area contributed by atoms with Crippen LogP contribution in [-0.4, -0.2) is 67.5 Å². The van der Waals surface area contributed by atoms with Crippen LogP contribution in [0.15, 0.2) is 4.99 Å². The topological polar surface area (TPSA) is 74.0 Å². The number of nitrogens with one attached hydrogen (secondary N) is 1. The normalized spacial score (nSPS) is 20.9. The van der Waals surface area contributed by atoms with Gasteiger partial charge in [-0.05, 0) is 19.3 Å². The van der Waals surface area contributed by atoms with Crippen molar-refractivity contribution >= 4 is 11.9 Å². The lowest BCUT2D eigenvalue weighted by Crippen LogP contribution is -2.51. The van der Waals surface area contributed by atoms with Crippen LogP contribution in [0.3, 0.4) is 0 Å². The van der Waals surface area contributed by atoms with Gasteiger partial charge in [-0.25, -0.2) is 0 Å². The van der Waals surface area contributed by atoms with Crippen molar-refractivity contribution in [1.29, 1.82) is 0 Å². The van der Waals surface area contributed by atoms with Crippen molar-refractivity contribution in [2.24, 2.45) is 16.6 Å². The first-order valence-electron chi connectivity index (χ1n) is 9.25. The molecule has 1 saturated carbocycles. The summed E-state index contributed by atoms with van der Waals surface area (Å²) in [4.78, 5) is 21.1. The third kappa shape index (κ3) is 6.01. The van der Waals surface area contributed by atoms with Gasteiger partial charge in [-0.3, -0.25) is 14.7 Å². The Labute approximate surface area is 140 Å². The van der Waals surface area contributed by atoms with Gasteiger partial charge in [0.05, 0.1) is 0 Å². The van der Waals surface area contributed by atoms with Crippen molar-refractivity contribution in [2.45, 2.75) is 45.4 Å². The SMILES string of the molecule is CCCCN=C(N)NCCN1CCN(C(=O)C2CCCC2)CC1. The molecule has 1 aliphatic heterocycles. The fourth-order valence-corrected chi connectivity index (χ4v) is 3.38. The maximum absolute atomic E-state index is 12.4. The third-order valence-corrected chi connectivity index (χ3v) is 4.92. The highest BCUT2D eigenvalue weighted by atomic mass is 16.2. The van der Waals surface area contributed by atoms with Crippen LogP contribution in [0.25, 0.3) is 0 Å². The molecule has 132 valence electrons. The van der Waals surface area contributed by atoms with Crippen molar-refractivity contribution < 1.29 is 4.79 Å². The van der Waals surface area contributed by atoms with Crippen LogP contribution < -0.4 is 11.1 Å². The monoisotopic (exact) mass is 323 g/mol. The van der Waals surface area contributed by atoms with Crippen molar-refractivity contribution in [3.63, 3.8) is 0 Å². The van der Waals surface area contributed by atoms with E-state index in [9.17, 15) is 4.79 Å². The molecule has 6 nitrogen and oxygen atoms in total. The van der Waals surface area contributed by atoms with E-state index in [1.807, 2.05) is 0 Å². The van der Waals surface area contributed by atoms with Crippen molar-refractivity contribution in [1.82, 2.24) is 15.1 Å². The van der Waals surface area contributed by atoms with E-state index >= 15 is 0 Å². The molecule has 0 aromatic rings. The molecule has 1 saturated heterocycles. The molecule has 2 rings (SSSR count). The first-order chi connectivity index (χ1) is 11.2. The highest BCUT2D eigenvalue weighted by Crippen LogP contribution is 2.26. The number of nitrogens with two attached hydrogens (primary N) is 1. The Kier molecular flexibility index (Phi) is 7.65. The minimum Gasteiger partial charge on any atom is -0.370 e. The molecule has 6 heteroatoms. The van der Waals surface area contributed by atoms with Gasteiger partial charge >= 0.3 is 0 Å². The van der Waals surface area contributed by atoms with Gasteiger partial charge in [0.15, 0.2) is 5.96 Å². The molecule has 0 bridgehead atoms. The van der Waals surface area contributed by atoms with Crippen LogP contribution >= 0.6 is 0 Å². The summed E-state index contributed by atoms with van der Waals surface area (Å²) >= 11 is 0. The van der Waals surface area contributed by atoms with Crippen LogP contribution in [0.5, 0.6) is 0 Å². The van der Waals surface area contributed by atoms with E-state index in [-0.39, 0.29) is 0 Å². The zero-order chi connectivity index (χ0) is 16.5. The molecule has 0 aromatic carbocycles. The summed E-state index contributed by atoms with van der Waals surface area (Å²) in [6.07, 6.45) is 6.87. The number of carbonyl (C=O) groups is 1. The zero-order valence-electron chi connectivity index (χ0n) is 14.6. The summed E-state index contributed by atoms with van der Waals surface area (Å²) in [6, 6.07) is 0. The van der Waals surface area contributed by atoms with Crippen molar-refractivity contribution in [3.8, 4) is 0 Å². The fourth-order valence-electron chi connectivity index (χ4n) is 3.38. The van der Waals surface area contributed by atoms with Crippen LogP contribution in [0, 0.1) is 5.92 Å². The molecule has 1 aliphatic carbocycles. The number of carbonyl (C=O) groups excluding carboxylic acids is 1. The molecule has 0 unspecified atom stereocenters. The Morgan fingerprint density at radius 2 is 1.91 bits per heavy atom. The number of guanidine groups is 1. The highest BCUT2D eigenvalue weighted by molar-refractivity contribution is 5.79. The van der Waals surface area contributed by atoms with Gasteiger partial charge in [0, 0.05) is 51.7 Å². The van der Waals surface area contributed by atoms with Gasteiger partial charge < -0.3 is 16.0 Å². The van der Waals surface area contributed by atoms with E-state index in [2.05, 4.69) is 27.0 Å². The Morgan fingerprint density at radius 3 is 2.57 bits per heavy atom. The number of nitrogens with zero attached hydrogens (tertiary/aromatic N) is 3. The Morgan fingerprint density at radius 1 is 1.22 bits per heavy atom. The minimum absolute atomic E-state index is 0.308. The highest BCUT2D eigenvalue weighted by Gasteiger charge is 2.29. The minimum atomic E-state index is 0.308. The smallest absolute Gasteiger partial charge is 0.225 e. The molecule has 0 atom stereocenters. The number of piperazine rings is 1. The predicted molar refractivity (Wildman–Crippen MR) is 94.4 cm³/mol. The standard InChI is InChI=1S/C17H33N5O/c1-2-3-8-19-17(18)20-9-10-21-11-13-22(14-12-21)16(23)15-6-4-5-7-15/h15H,2-14H2,1H3,(H3,18,19,20). The van der Waals surface area contributed by atoms with E-state index in [0.29, 0.717) is 17.8 Å². The van der Waals surface area contributed by atoms with Gasteiger partial charge in [-0.15, -0.1) is 0 Å². The van der Waals surface area contributed by atoms with E-state index in [1.165, 1.54) is 12.8 Å². The molecule has 1 heterocycles. The number of rotatable bonds is 7. The summed E-state index contributed by atoms with van der Waals surface area (Å²) in [5.41, 5.74) is 5.83. The summed E-state index contributed by atoms with van der Waals surface area (Å²) in [7, 11) is 0. The molecular formula is C17H33N5O. The molecule has 0 spiro atoms. The lowest BCUT2D eigenvalue weighted by Gasteiger charge is -2.36. The van der Waals surface area contributed by atoms with E-state index in [4.69, 9.17) is 5.73 Å². The first kappa shape index (κ1) is 18.0. The first-order valence-corrected chi connectivity index (χ1v) is 9.25. The van der Waals surface area contributed by atoms with Gasteiger partial charge in [0.25, 0.3) is 0 Å². The zero-order valence-corrected chi connectivity index (χ0v) is 14.6. The van der Waals surface area contributed by atoms with E-state index in [0.717, 1.165) is 71.5 Å². The van der Waals surface area contributed by atoms with Gasteiger partial charge in [0.2, 0.25) is 5.91 Å². The summed E-state index contributed by atoms with van der Waals surface area (Å²) in [6.45, 7) is 8.39. The number of aliphatic imine (C=N–C) groups is 1. The molecule has 2 aliphatic rings. The second-order valence-electron chi connectivity index (χ2n) is 6.70. The summed E-state index contributed by atoms with van der Waals surface area (Å²) < 4.78 is 0. The number of unbranched alkanes of at least 4 members (excludes halogenated alkanes) is 1. The molecule has 3 N–H and O–H groups in total. The Hall–Kier alpha value is -1.30. The van der Waals surface area contributed by atoms with Crippen LogP contribution in [0.1, 0.15) is 45.4 Å². The number of amides is 1. The third-order valence-electron chi connectivity index (χ3n) is 4.92. The molecule has 0 radical (unpaired) electrons. The molecular weight excluding hydrogens is 290 g/mol. The van der Waals surface area contributed by atoms with Crippen LogP contribution in [0.2, 0.25) is 0 Å². The van der Waals surface area contributed by atoms with E-state index in [1.54, 1.807) is 0 Å². The summed E-state index contributed by atoms with van der Waals surface area (Å²) in [5, 5.41) is 3.17. The lowest BCUT2D eigenvalue weighted by atomic mass is 10.1. The lowest BCUT2D eigenvalue weighted by molar-refractivity contribution is -0.137. The van der Waals surface area contributed by atoms with Crippen LogP contribution in [-0.2, 0) is 4.79 Å². The molecule has 2 fully saturated rings. The maximum atomic E-state index is 12.4. The molecule has 1 amide bonds. The Bertz CT molecular complexity index is 384. The van der Waals surface area contributed by atoms with Crippen molar-refractivity contribution in [3.05, 3.63) is 0 Å². The quantitative estimate of drug-likeness (QED) is 0.417. The fraction of sp³-hybridized carbons (Fsp3) is 0.882. The average molecular weight is 323 g/mol. The second kappa shape index (κ2) is 9.75. The average Bonchev–Trinajstić information content (AvgIpc) is 3.09. The van der Waals surface area contributed by atoms with Crippen molar-refractivity contribution in [2.75, 3.05) is 45.8 Å². The van der Waals surface area contributed by atoms with E-state index < -0.39 is 0 Å². The second-order valence-corrected chi connectivity index (χ2v) is 6.70. The number of hydrogen-bond donors (Lipinski definition) is 2. The predicted octanol–water partition coefficient (Wildman–Crippen LogP) is 1.03. The molecule has 23 heavy (non-hydrogen) atoms. The van der Waals surface area contributed by atoms with Gasteiger partial charge in [-0.2, -0.15) is 0 Å².